The third-order valence-corrected chi connectivity index (χ3v) is 2.89. The highest BCUT2D eigenvalue weighted by molar-refractivity contribution is 8.37. The van der Waals surface area contributed by atoms with Crippen molar-refractivity contribution in [2.45, 2.75) is 6.10 Å². The molecule has 0 fully saturated rings. The highest BCUT2D eigenvalue weighted by atomic mass is 32.4. The summed E-state index contributed by atoms with van der Waals surface area (Å²) in [5.41, 5.74) is 0. The largest absolute Gasteiger partial charge is 0.394 e. The zero-order chi connectivity index (χ0) is 7.11. The molecule has 0 aromatic carbocycles. The summed E-state index contributed by atoms with van der Waals surface area (Å²) in [5.74, 6) is 0. The predicted molar refractivity (Wildman–Crippen MR) is 45.4 cm³/mol. The van der Waals surface area contributed by atoms with E-state index < -0.39 is 6.10 Å². The van der Waals surface area contributed by atoms with Gasteiger partial charge >= 0.3 is 0 Å². The van der Waals surface area contributed by atoms with Crippen molar-refractivity contribution in [3.63, 3.8) is 0 Å². The Kier molecular flexibility index (Phi) is 8.23. The van der Waals surface area contributed by atoms with E-state index in [1.54, 1.807) is 0 Å². The van der Waals surface area contributed by atoms with E-state index in [9.17, 15) is 0 Å². The predicted octanol–water partition coefficient (Wildman–Crippen LogP) is 0.333. The first kappa shape index (κ1) is 10.2. The average Bonchev–Trinajstić information content (AvgIpc) is 1.89. The van der Waals surface area contributed by atoms with E-state index >= 15 is 0 Å². The summed E-state index contributed by atoms with van der Waals surface area (Å²) < 4.78 is 4.94. The van der Waals surface area contributed by atoms with Crippen LogP contribution in [0.5, 0.6) is 0 Å². The van der Waals surface area contributed by atoms with Crippen LogP contribution in [0.1, 0.15) is 0 Å². The Morgan fingerprint density at radius 3 is 2.78 bits per heavy atom. The van der Waals surface area contributed by atoms with Crippen LogP contribution in [0.4, 0.5) is 0 Å². The van der Waals surface area contributed by atoms with Crippen LogP contribution < -0.4 is 0 Å². The highest BCUT2D eigenvalue weighted by Gasteiger charge is 1.99. The van der Waals surface area contributed by atoms with Crippen LogP contribution >= 0.6 is 25.4 Å². The van der Waals surface area contributed by atoms with Gasteiger partial charge in [-0.2, -0.15) is 0 Å². The third kappa shape index (κ3) is 7.06. The molecule has 4 unspecified atom stereocenters. The van der Waals surface area contributed by atoms with Crippen molar-refractivity contribution < 1.29 is 14.7 Å². The molecule has 0 radical (unpaired) electrons. The zero-order valence-corrected chi connectivity index (χ0v) is 8.03. The van der Waals surface area contributed by atoms with E-state index in [1.807, 2.05) is 0 Å². The molecule has 0 rings (SSSR count). The molecule has 0 amide bonds. The normalized spacial score (nSPS) is 16.3. The second-order valence-corrected chi connectivity index (χ2v) is 6.25. The van der Waals surface area contributed by atoms with Crippen molar-refractivity contribution >= 4 is 25.4 Å². The van der Waals surface area contributed by atoms with Crippen LogP contribution in [0.15, 0.2) is 0 Å². The molecule has 6 heteroatoms. The van der Waals surface area contributed by atoms with Gasteiger partial charge in [0.1, 0.15) is 6.10 Å². The fourth-order valence-electron chi connectivity index (χ4n) is 0.232. The molecule has 0 aliphatic rings. The van der Waals surface area contributed by atoms with E-state index in [0.717, 1.165) is 0 Å². The third-order valence-electron chi connectivity index (χ3n) is 0.618. The molecule has 0 aromatic heterocycles. The van der Waals surface area contributed by atoms with Crippen LogP contribution in [0, 0.1) is 0 Å². The molecule has 2 N–H and O–H groups in total. The van der Waals surface area contributed by atoms with Gasteiger partial charge in [0.15, 0.2) is 0 Å². The molecule has 0 bridgehead atoms. The molecule has 56 valence electrons. The van der Waals surface area contributed by atoms with E-state index in [0.29, 0.717) is 16.5 Å². The average molecular weight is 188 g/mol. The second-order valence-electron chi connectivity index (χ2n) is 1.39. The first-order valence-electron chi connectivity index (χ1n) is 2.42. The number of aliphatic hydroxyl groups excluding tert-OH is 2. The van der Waals surface area contributed by atoms with Gasteiger partial charge in [0, 0.05) is 8.50 Å². The fourth-order valence-corrected chi connectivity index (χ4v) is 1.84. The minimum absolute atomic E-state index is 0.218. The fraction of sp³-hybridized carbons (Fsp3) is 1.00. The Morgan fingerprint density at radius 1 is 1.67 bits per heavy atom. The lowest BCUT2D eigenvalue weighted by atomic mass is 10.4. The van der Waals surface area contributed by atoms with Crippen molar-refractivity contribution in [3.05, 3.63) is 0 Å². The standard InChI is InChI=1S/C3H11O3P3/c4-1-3(5)2-6-8-9-7/h3-5,8-9H,1-2,7H2. The van der Waals surface area contributed by atoms with Gasteiger partial charge in [-0.3, -0.25) is 0 Å². The highest BCUT2D eigenvalue weighted by Crippen LogP contribution is 2.43. The minimum Gasteiger partial charge on any atom is -0.394 e. The van der Waals surface area contributed by atoms with Crippen molar-refractivity contribution in [3.8, 4) is 0 Å². The quantitative estimate of drug-likeness (QED) is 0.483. The van der Waals surface area contributed by atoms with E-state index in [4.69, 9.17) is 14.7 Å². The first-order chi connectivity index (χ1) is 4.31. The molecule has 3 nitrogen and oxygen atoms in total. The van der Waals surface area contributed by atoms with Crippen molar-refractivity contribution in [1.82, 2.24) is 0 Å². The monoisotopic (exact) mass is 188 g/mol. The van der Waals surface area contributed by atoms with Gasteiger partial charge in [-0.05, 0) is 0 Å². The lowest BCUT2D eigenvalue weighted by Crippen LogP contribution is -2.16. The van der Waals surface area contributed by atoms with Gasteiger partial charge in [0.2, 0.25) is 0 Å². The summed E-state index contributed by atoms with van der Waals surface area (Å²) in [5, 5.41) is 17.0. The molecule has 4 atom stereocenters. The zero-order valence-electron chi connectivity index (χ0n) is 4.87. The van der Waals surface area contributed by atoms with Gasteiger partial charge in [0.25, 0.3) is 0 Å². The maximum absolute atomic E-state index is 8.71. The van der Waals surface area contributed by atoms with Crippen molar-refractivity contribution in [1.29, 1.82) is 0 Å². The molecular weight excluding hydrogens is 177 g/mol. The number of aliphatic hydroxyl groups is 2. The number of hydrogen-bond donors (Lipinski definition) is 2. The molecule has 0 heterocycles. The summed E-state index contributed by atoms with van der Waals surface area (Å²) in [4.78, 5) is 0. The molecule has 9 heavy (non-hydrogen) atoms. The Bertz CT molecular complexity index is 62.3. The Balaban J connectivity index is 2.88. The molecular formula is C3H11O3P3. The van der Waals surface area contributed by atoms with Crippen LogP contribution in [0.25, 0.3) is 0 Å². The van der Waals surface area contributed by atoms with Gasteiger partial charge in [-0.25, -0.2) is 0 Å². The van der Waals surface area contributed by atoms with E-state index in [-0.39, 0.29) is 13.2 Å². The molecule has 0 aromatic rings. The van der Waals surface area contributed by atoms with Gasteiger partial charge in [-0.1, -0.05) is 7.96 Å². The SMILES string of the molecule is OCC(O)COPPP. The van der Waals surface area contributed by atoms with Crippen molar-refractivity contribution in [2.24, 2.45) is 0 Å². The topological polar surface area (TPSA) is 49.7 Å². The summed E-state index contributed by atoms with van der Waals surface area (Å²) in [7, 11) is 3.67. The van der Waals surface area contributed by atoms with E-state index in [1.165, 1.54) is 0 Å². The van der Waals surface area contributed by atoms with E-state index in [2.05, 4.69) is 8.93 Å². The lowest BCUT2D eigenvalue weighted by molar-refractivity contribution is 0.0595. The van der Waals surface area contributed by atoms with Gasteiger partial charge in [-0.15, -0.1) is 8.93 Å². The van der Waals surface area contributed by atoms with Gasteiger partial charge in [0.05, 0.1) is 13.2 Å². The molecule has 0 saturated carbocycles. The van der Waals surface area contributed by atoms with Crippen LogP contribution in [-0.4, -0.2) is 29.5 Å². The van der Waals surface area contributed by atoms with Crippen molar-refractivity contribution in [2.75, 3.05) is 13.2 Å². The van der Waals surface area contributed by atoms with Crippen LogP contribution in [0.2, 0.25) is 0 Å². The van der Waals surface area contributed by atoms with Crippen LogP contribution in [0.3, 0.4) is 0 Å². The molecule has 0 spiro atoms. The number of hydrogen-bond acceptors (Lipinski definition) is 3. The maximum Gasteiger partial charge on any atom is 0.101 e. The Morgan fingerprint density at radius 2 is 2.33 bits per heavy atom. The minimum atomic E-state index is -0.709. The van der Waals surface area contributed by atoms with Gasteiger partial charge < -0.3 is 14.7 Å². The lowest BCUT2D eigenvalue weighted by Gasteiger charge is -2.05. The smallest absolute Gasteiger partial charge is 0.101 e. The molecule has 0 aliphatic heterocycles. The summed E-state index contributed by atoms with van der Waals surface area (Å²) in [6, 6.07) is 0. The summed E-state index contributed by atoms with van der Waals surface area (Å²) >= 11 is 0. The summed E-state index contributed by atoms with van der Waals surface area (Å²) in [6.45, 7) is 0.0286. The maximum atomic E-state index is 8.71. The first-order valence-corrected chi connectivity index (χ1v) is 7.14. The molecule has 0 saturated heterocycles. The second kappa shape index (κ2) is 7.28. The number of rotatable bonds is 5. The Hall–Kier alpha value is 1.17. The Labute approximate surface area is 60.2 Å². The summed E-state index contributed by atoms with van der Waals surface area (Å²) in [6.07, 6.45) is -0.709. The molecule has 0 aliphatic carbocycles. The van der Waals surface area contributed by atoms with Crippen LogP contribution in [-0.2, 0) is 4.52 Å².